The maximum absolute atomic E-state index is 12.5. The lowest BCUT2D eigenvalue weighted by Gasteiger charge is -2.19. The van der Waals surface area contributed by atoms with E-state index in [0.29, 0.717) is 24.2 Å². The van der Waals surface area contributed by atoms with Gasteiger partial charge in [0.2, 0.25) is 0 Å². The summed E-state index contributed by atoms with van der Waals surface area (Å²) in [5.74, 6) is -0.404. The Kier molecular flexibility index (Phi) is 10.6. The van der Waals surface area contributed by atoms with Crippen LogP contribution in [0.2, 0.25) is 0 Å². The summed E-state index contributed by atoms with van der Waals surface area (Å²) in [5, 5.41) is 5.83. The Morgan fingerprint density at radius 2 is 1.08 bits per heavy atom. The first-order valence-corrected chi connectivity index (χ1v) is 9.67. The predicted molar refractivity (Wildman–Crippen MR) is 107 cm³/mol. The fraction of sp³-hybridized carbons (Fsp3) is 0.600. The van der Waals surface area contributed by atoms with Gasteiger partial charge in [0, 0.05) is 26.2 Å². The van der Waals surface area contributed by atoms with E-state index in [0.717, 1.165) is 39.3 Å². The minimum atomic E-state index is -0.202. The molecular weight excluding hydrogens is 328 g/mol. The molecular formula is C20H34N4O2. The van der Waals surface area contributed by atoms with E-state index in [-0.39, 0.29) is 11.8 Å². The van der Waals surface area contributed by atoms with E-state index in [1.165, 1.54) is 0 Å². The van der Waals surface area contributed by atoms with Gasteiger partial charge in [0.25, 0.3) is 11.8 Å². The molecule has 146 valence electrons. The van der Waals surface area contributed by atoms with E-state index in [4.69, 9.17) is 0 Å². The Morgan fingerprint density at radius 1 is 0.731 bits per heavy atom. The number of nitrogens with one attached hydrogen (secondary N) is 2. The third-order valence-electron chi connectivity index (χ3n) is 4.63. The van der Waals surface area contributed by atoms with Gasteiger partial charge in [0.05, 0.1) is 11.1 Å². The van der Waals surface area contributed by atoms with E-state index in [2.05, 4.69) is 48.1 Å². The fourth-order valence-corrected chi connectivity index (χ4v) is 2.80. The van der Waals surface area contributed by atoms with E-state index in [9.17, 15) is 9.59 Å². The third kappa shape index (κ3) is 7.14. The van der Waals surface area contributed by atoms with Gasteiger partial charge < -0.3 is 20.4 Å². The van der Waals surface area contributed by atoms with Crippen LogP contribution in [0, 0.1) is 0 Å². The molecule has 0 aliphatic carbocycles. The quantitative estimate of drug-likeness (QED) is 0.595. The lowest BCUT2D eigenvalue weighted by molar-refractivity contribution is 0.0914. The number of rotatable bonds is 12. The zero-order valence-electron chi connectivity index (χ0n) is 16.7. The van der Waals surface area contributed by atoms with Crippen molar-refractivity contribution < 1.29 is 9.59 Å². The summed E-state index contributed by atoms with van der Waals surface area (Å²) in [7, 11) is 0. The SMILES string of the molecule is CCN(CC)CCNC(=O)c1ccccc1C(=O)NCCN(CC)CC. The van der Waals surface area contributed by atoms with Gasteiger partial charge in [-0.05, 0) is 38.3 Å². The molecule has 0 aliphatic rings. The molecule has 6 heteroatoms. The lowest BCUT2D eigenvalue weighted by Crippen LogP contribution is -2.37. The summed E-state index contributed by atoms with van der Waals surface area (Å²) in [5.41, 5.74) is 0.847. The molecule has 0 unspecified atom stereocenters. The number of benzene rings is 1. The van der Waals surface area contributed by atoms with Crippen molar-refractivity contribution in [1.29, 1.82) is 0 Å². The van der Waals surface area contributed by atoms with E-state index in [1.807, 2.05) is 0 Å². The molecule has 1 rings (SSSR count). The first-order chi connectivity index (χ1) is 12.6. The maximum Gasteiger partial charge on any atom is 0.252 e. The van der Waals surface area contributed by atoms with Crippen molar-refractivity contribution in [2.75, 3.05) is 52.4 Å². The average Bonchev–Trinajstić information content (AvgIpc) is 2.68. The second-order valence-corrected chi connectivity index (χ2v) is 6.11. The number of nitrogens with zero attached hydrogens (tertiary/aromatic N) is 2. The Morgan fingerprint density at radius 3 is 1.38 bits per heavy atom. The van der Waals surface area contributed by atoms with Crippen LogP contribution in [0.4, 0.5) is 0 Å². The van der Waals surface area contributed by atoms with Crippen molar-refractivity contribution >= 4 is 11.8 Å². The van der Waals surface area contributed by atoms with Gasteiger partial charge in [-0.1, -0.05) is 39.8 Å². The summed E-state index contributed by atoms with van der Waals surface area (Å²) in [6.07, 6.45) is 0. The molecule has 0 aliphatic heterocycles. The molecule has 0 spiro atoms. The highest BCUT2D eigenvalue weighted by Crippen LogP contribution is 2.08. The minimum absolute atomic E-state index is 0.202. The zero-order chi connectivity index (χ0) is 19.4. The molecule has 0 saturated carbocycles. The predicted octanol–water partition coefficient (Wildman–Crippen LogP) is 1.83. The van der Waals surface area contributed by atoms with Crippen LogP contribution < -0.4 is 10.6 Å². The number of amides is 2. The fourth-order valence-electron chi connectivity index (χ4n) is 2.80. The van der Waals surface area contributed by atoms with Crippen molar-refractivity contribution in [1.82, 2.24) is 20.4 Å². The normalized spacial score (nSPS) is 11.0. The maximum atomic E-state index is 12.5. The lowest BCUT2D eigenvalue weighted by atomic mass is 10.1. The second kappa shape index (κ2) is 12.4. The largest absolute Gasteiger partial charge is 0.351 e. The molecule has 0 saturated heterocycles. The van der Waals surface area contributed by atoms with E-state index in [1.54, 1.807) is 24.3 Å². The number of hydrogen-bond donors (Lipinski definition) is 2. The van der Waals surface area contributed by atoms with Crippen LogP contribution in [0.15, 0.2) is 24.3 Å². The van der Waals surface area contributed by atoms with Crippen LogP contribution >= 0.6 is 0 Å². The van der Waals surface area contributed by atoms with Gasteiger partial charge in [-0.15, -0.1) is 0 Å². The van der Waals surface area contributed by atoms with Crippen molar-refractivity contribution in [3.05, 3.63) is 35.4 Å². The molecule has 2 amide bonds. The zero-order valence-corrected chi connectivity index (χ0v) is 16.7. The Hall–Kier alpha value is -1.92. The number of carbonyl (C=O) groups is 2. The highest BCUT2D eigenvalue weighted by Gasteiger charge is 2.16. The van der Waals surface area contributed by atoms with Crippen LogP contribution in [0.1, 0.15) is 48.4 Å². The standard InChI is InChI=1S/C20H34N4O2/c1-5-23(6-2)15-13-21-19(25)17-11-9-10-12-18(17)20(26)22-14-16-24(7-3)8-4/h9-12H,5-8,13-16H2,1-4H3,(H,21,25)(H,22,26). The van der Waals surface area contributed by atoms with Gasteiger partial charge in [-0.3, -0.25) is 9.59 Å². The summed E-state index contributed by atoms with van der Waals surface area (Å²) in [6, 6.07) is 6.97. The molecule has 0 atom stereocenters. The molecule has 26 heavy (non-hydrogen) atoms. The first kappa shape index (κ1) is 22.1. The smallest absolute Gasteiger partial charge is 0.252 e. The molecule has 0 radical (unpaired) electrons. The van der Waals surface area contributed by atoms with E-state index < -0.39 is 0 Å². The molecule has 6 nitrogen and oxygen atoms in total. The monoisotopic (exact) mass is 362 g/mol. The Bertz CT molecular complexity index is 505. The Balaban J connectivity index is 2.62. The van der Waals surface area contributed by atoms with Crippen molar-refractivity contribution in [2.45, 2.75) is 27.7 Å². The van der Waals surface area contributed by atoms with E-state index >= 15 is 0 Å². The van der Waals surface area contributed by atoms with Crippen LogP contribution in [0.5, 0.6) is 0 Å². The molecule has 0 aromatic heterocycles. The van der Waals surface area contributed by atoms with Crippen LogP contribution in [0.3, 0.4) is 0 Å². The molecule has 1 aromatic rings. The van der Waals surface area contributed by atoms with Gasteiger partial charge in [0.1, 0.15) is 0 Å². The number of carbonyl (C=O) groups excluding carboxylic acids is 2. The van der Waals surface area contributed by atoms with Crippen LogP contribution in [-0.4, -0.2) is 74.0 Å². The topological polar surface area (TPSA) is 64.7 Å². The average molecular weight is 363 g/mol. The molecule has 2 N–H and O–H groups in total. The highest BCUT2D eigenvalue weighted by molar-refractivity contribution is 6.07. The van der Waals surface area contributed by atoms with Gasteiger partial charge in [-0.2, -0.15) is 0 Å². The number of hydrogen-bond acceptors (Lipinski definition) is 4. The number of likely N-dealkylation sites (N-methyl/N-ethyl adjacent to an activating group) is 2. The van der Waals surface area contributed by atoms with Crippen molar-refractivity contribution in [3.63, 3.8) is 0 Å². The van der Waals surface area contributed by atoms with Crippen molar-refractivity contribution in [3.8, 4) is 0 Å². The molecule has 0 bridgehead atoms. The van der Waals surface area contributed by atoms with Gasteiger partial charge in [-0.25, -0.2) is 0 Å². The molecule has 0 fully saturated rings. The molecule has 0 heterocycles. The summed E-state index contributed by atoms with van der Waals surface area (Å²) in [4.78, 5) is 29.5. The second-order valence-electron chi connectivity index (χ2n) is 6.11. The summed E-state index contributed by atoms with van der Waals surface area (Å²) < 4.78 is 0. The summed E-state index contributed by atoms with van der Waals surface area (Å²) >= 11 is 0. The van der Waals surface area contributed by atoms with Crippen molar-refractivity contribution in [2.24, 2.45) is 0 Å². The first-order valence-electron chi connectivity index (χ1n) is 9.67. The summed E-state index contributed by atoms with van der Waals surface area (Å²) in [6.45, 7) is 15.0. The third-order valence-corrected chi connectivity index (χ3v) is 4.63. The van der Waals surface area contributed by atoms with Crippen LogP contribution in [-0.2, 0) is 0 Å². The minimum Gasteiger partial charge on any atom is -0.351 e. The van der Waals surface area contributed by atoms with Gasteiger partial charge in [0.15, 0.2) is 0 Å². The van der Waals surface area contributed by atoms with Gasteiger partial charge >= 0.3 is 0 Å². The van der Waals surface area contributed by atoms with Crippen LogP contribution in [0.25, 0.3) is 0 Å². The Labute approximate surface area is 157 Å². The highest BCUT2D eigenvalue weighted by atomic mass is 16.2. The molecule has 1 aromatic carbocycles.